The number of hydrogen-bond donors (Lipinski definition) is 2. The Morgan fingerprint density at radius 1 is 1.21 bits per heavy atom. The predicted octanol–water partition coefficient (Wildman–Crippen LogP) is 2.78. The molecule has 2 aliphatic rings. The Morgan fingerprint density at radius 2 is 1.92 bits per heavy atom. The average molecular weight is 331 g/mol. The second-order valence-corrected chi connectivity index (χ2v) is 7.00. The molecule has 2 saturated heterocycles. The minimum Gasteiger partial charge on any atom is -0.465 e. The number of likely N-dealkylation sites (N-methyl/N-ethyl adjacent to an activating group) is 1. The summed E-state index contributed by atoms with van der Waals surface area (Å²) in [5.74, 6) is 0.529. The largest absolute Gasteiger partial charge is 0.465 e. The summed E-state index contributed by atoms with van der Waals surface area (Å²) in [4.78, 5) is 26.8. The molecular formula is C18H25N3O3. The smallest absolute Gasteiger partial charge is 0.407 e. The molecule has 3 rings (SSSR count). The van der Waals surface area contributed by atoms with Crippen molar-refractivity contribution in [2.24, 2.45) is 5.92 Å². The molecular weight excluding hydrogens is 306 g/mol. The molecule has 2 N–H and O–H groups in total. The zero-order valence-corrected chi connectivity index (χ0v) is 14.2. The highest BCUT2D eigenvalue weighted by Crippen LogP contribution is 2.33. The molecule has 0 radical (unpaired) electrons. The number of benzene rings is 1. The molecule has 3 unspecified atom stereocenters. The number of carbonyl (C=O) groups excluding carboxylic acids is 1. The Hall–Kier alpha value is -2.24. The Bertz CT molecular complexity index is 616. The van der Waals surface area contributed by atoms with Gasteiger partial charge in [0.1, 0.15) is 6.04 Å². The molecule has 2 aliphatic heterocycles. The van der Waals surface area contributed by atoms with Gasteiger partial charge in [0.05, 0.1) is 6.04 Å². The molecule has 1 aromatic rings. The fourth-order valence-corrected chi connectivity index (χ4v) is 3.67. The van der Waals surface area contributed by atoms with E-state index in [0.717, 1.165) is 37.1 Å². The van der Waals surface area contributed by atoms with Gasteiger partial charge in [0.2, 0.25) is 5.91 Å². The zero-order chi connectivity index (χ0) is 17.3. The minimum atomic E-state index is -0.853. The van der Waals surface area contributed by atoms with E-state index in [0.29, 0.717) is 12.5 Å². The monoisotopic (exact) mass is 331 g/mol. The highest BCUT2D eigenvalue weighted by atomic mass is 16.4. The molecule has 6 nitrogen and oxygen atoms in total. The average Bonchev–Trinajstić information content (AvgIpc) is 2.88. The maximum Gasteiger partial charge on any atom is 0.407 e. The summed E-state index contributed by atoms with van der Waals surface area (Å²) in [7, 11) is 1.82. The molecule has 1 aromatic carbocycles. The van der Waals surface area contributed by atoms with Crippen LogP contribution in [0, 0.1) is 5.92 Å². The molecule has 0 aliphatic carbocycles. The van der Waals surface area contributed by atoms with Gasteiger partial charge in [0, 0.05) is 25.8 Å². The lowest BCUT2D eigenvalue weighted by Crippen LogP contribution is -2.40. The van der Waals surface area contributed by atoms with E-state index in [9.17, 15) is 14.7 Å². The van der Waals surface area contributed by atoms with Gasteiger partial charge in [-0.2, -0.15) is 0 Å². The second-order valence-electron chi connectivity index (χ2n) is 7.00. The van der Waals surface area contributed by atoms with Crippen molar-refractivity contribution >= 4 is 17.7 Å². The van der Waals surface area contributed by atoms with E-state index in [-0.39, 0.29) is 18.0 Å². The summed E-state index contributed by atoms with van der Waals surface area (Å²) in [6, 6.07) is 7.60. The van der Waals surface area contributed by atoms with Crippen LogP contribution in [0.25, 0.3) is 0 Å². The number of amides is 2. The highest BCUT2D eigenvalue weighted by Gasteiger charge is 2.31. The van der Waals surface area contributed by atoms with Crippen LogP contribution in [-0.4, -0.2) is 53.1 Å². The number of nitrogens with one attached hydrogen (secondary N) is 1. The first-order valence-corrected chi connectivity index (χ1v) is 8.56. The van der Waals surface area contributed by atoms with Crippen LogP contribution in [0.3, 0.4) is 0 Å². The van der Waals surface area contributed by atoms with Crippen molar-refractivity contribution in [1.82, 2.24) is 9.80 Å². The molecule has 0 spiro atoms. The molecule has 0 aromatic heterocycles. The molecule has 0 bridgehead atoms. The van der Waals surface area contributed by atoms with E-state index in [2.05, 4.69) is 12.2 Å². The number of piperidine rings is 1. The summed E-state index contributed by atoms with van der Waals surface area (Å²) in [5, 5.41) is 12.7. The number of carbonyl (C=O) groups is 2. The Balaban J connectivity index is 1.69. The second kappa shape index (κ2) is 6.71. The van der Waals surface area contributed by atoms with Crippen molar-refractivity contribution in [2.45, 2.75) is 38.3 Å². The highest BCUT2D eigenvalue weighted by molar-refractivity contribution is 5.86. The van der Waals surface area contributed by atoms with Crippen molar-refractivity contribution in [2.75, 3.05) is 25.5 Å². The minimum absolute atomic E-state index is 0.0769. The first-order valence-electron chi connectivity index (χ1n) is 8.56. The Labute approximate surface area is 142 Å². The van der Waals surface area contributed by atoms with Crippen LogP contribution in [0.15, 0.2) is 24.3 Å². The quantitative estimate of drug-likeness (QED) is 0.893. The topological polar surface area (TPSA) is 72.9 Å². The van der Waals surface area contributed by atoms with Crippen LogP contribution in [-0.2, 0) is 4.79 Å². The SMILES string of the molecule is CC1CCC(c2ccc(NC3CCN(C)C3=O)cc2)N(C(=O)O)C1. The maximum absolute atomic E-state index is 12.0. The zero-order valence-electron chi connectivity index (χ0n) is 14.2. The molecule has 130 valence electrons. The van der Waals surface area contributed by atoms with Crippen molar-refractivity contribution in [3.8, 4) is 0 Å². The number of nitrogens with zero attached hydrogens (tertiary/aromatic N) is 2. The lowest BCUT2D eigenvalue weighted by molar-refractivity contribution is -0.127. The van der Waals surface area contributed by atoms with Crippen molar-refractivity contribution < 1.29 is 14.7 Å². The van der Waals surface area contributed by atoms with Crippen LogP contribution < -0.4 is 5.32 Å². The van der Waals surface area contributed by atoms with Gasteiger partial charge in [0.25, 0.3) is 0 Å². The van der Waals surface area contributed by atoms with Gasteiger partial charge < -0.3 is 20.2 Å². The lowest BCUT2D eigenvalue weighted by Gasteiger charge is -2.37. The van der Waals surface area contributed by atoms with E-state index in [4.69, 9.17) is 0 Å². The van der Waals surface area contributed by atoms with Gasteiger partial charge >= 0.3 is 6.09 Å². The molecule has 24 heavy (non-hydrogen) atoms. The fraction of sp³-hybridized carbons (Fsp3) is 0.556. The van der Waals surface area contributed by atoms with Crippen molar-refractivity contribution in [1.29, 1.82) is 0 Å². The van der Waals surface area contributed by atoms with Gasteiger partial charge in [-0.3, -0.25) is 4.79 Å². The summed E-state index contributed by atoms with van der Waals surface area (Å²) < 4.78 is 0. The fourth-order valence-electron chi connectivity index (χ4n) is 3.67. The number of hydrogen-bond acceptors (Lipinski definition) is 3. The van der Waals surface area contributed by atoms with Gasteiger partial charge in [0.15, 0.2) is 0 Å². The van der Waals surface area contributed by atoms with Crippen molar-refractivity contribution in [3.63, 3.8) is 0 Å². The van der Waals surface area contributed by atoms with Crippen LogP contribution in [0.2, 0.25) is 0 Å². The van der Waals surface area contributed by atoms with E-state index in [1.807, 2.05) is 31.3 Å². The van der Waals surface area contributed by atoms with Gasteiger partial charge in [-0.05, 0) is 42.9 Å². The third kappa shape index (κ3) is 3.32. The number of likely N-dealkylation sites (tertiary alicyclic amines) is 2. The van der Waals surface area contributed by atoms with Crippen LogP contribution in [0.1, 0.15) is 37.8 Å². The number of carboxylic acid groups (broad SMARTS) is 1. The third-order valence-electron chi connectivity index (χ3n) is 5.13. The van der Waals surface area contributed by atoms with E-state index < -0.39 is 6.09 Å². The Kier molecular flexibility index (Phi) is 4.64. The van der Waals surface area contributed by atoms with Crippen LogP contribution >= 0.6 is 0 Å². The molecule has 0 saturated carbocycles. The Morgan fingerprint density at radius 3 is 2.50 bits per heavy atom. The summed E-state index contributed by atoms with van der Waals surface area (Å²) in [6.07, 6.45) is 1.85. The van der Waals surface area contributed by atoms with Gasteiger partial charge in [-0.1, -0.05) is 19.1 Å². The third-order valence-corrected chi connectivity index (χ3v) is 5.13. The summed E-state index contributed by atoms with van der Waals surface area (Å²) in [5.41, 5.74) is 1.92. The van der Waals surface area contributed by atoms with Gasteiger partial charge in [-0.25, -0.2) is 4.79 Å². The van der Waals surface area contributed by atoms with Crippen molar-refractivity contribution in [3.05, 3.63) is 29.8 Å². The number of rotatable bonds is 3. The van der Waals surface area contributed by atoms with E-state index >= 15 is 0 Å². The predicted molar refractivity (Wildman–Crippen MR) is 92.0 cm³/mol. The van der Waals surface area contributed by atoms with Crippen LogP contribution in [0.5, 0.6) is 0 Å². The van der Waals surface area contributed by atoms with Crippen LogP contribution in [0.4, 0.5) is 10.5 Å². The summed E-state index contributed by atoms with van der Waals surface area (Å²) in [6.45, 7) is 3.46. The first-order chi connectivity index (χ1) is 11.5. The first kappa shape index (κ1) is 16.6. The van der Waals surface area contributed by atoms with E-state index in [1.54, 1.807) is 9.80 Å². The lowest BCUT2D eigenvalue weighted by atomic mass is 9.90. The molecule has 6 heteroatoms. The molecule has 3 atom stereocenters. The molecule has 2 fully saturated rings. The summed E-state index contributed by atoms with van der Waals surface area (Å²) >= 11 is 0. The maximum atomic E-state index is 12.0. The normalized spacial score (nSPS) is 27.4. The number of anilines is 1. The standard InChI is InChI=1S/C18H25N3O3/c1-12-3-8-16(21(11-12)18(23)24)13-4-6-14(7-5-13)19-15-9-10-20(2)17(15)22/h4-7,12,15-16,19H,3,8-11H2,1-2H3,(H,23,24). The van der Waals surface area contributed by atoms with E-state index in [1.165, 1.54) is 0 Å². The van der Waals surface area contributed by atoms with Gasteiger partial charge in [-0.15, -0.1) is 0 Å². The molecule has 2 amide bonds. The molecule has 2 heterocycles.